The molecular formula is C20H21F3N4O3. The number of alkyl halides is 2. The van der Waals surface area contributed by atoms with E-state index in [0.29, 0.717) is 30.1 Å². The molecule has 3 rings (SSSR count). The smallest absolute Gasteiger partial charge is 0.315 e. The zero-order chi connectivity index (χ0) is 21.7. The molecule has 0 aliphatic heterocycles. The number of nitrogens with one attached hydrogen (secondary N) is 1. The summed E-state index contributed by atoms with van der Waals surface area (Å²) in [6.07, 6.45) is -0.447. The molecule has 10 heteroatoms. The van der Waals surface area contributed by atoms with Crippen molar-refractivity contribution in [2.75, 3.05) is 6.54 Å². The van der Waals surface area contributed by atoms with Crippen LogP contribution < -0.4 is 5.32 Å². The highest BCUT2D eigenvalue weighted by atomic mass is 19.3. The average molecular weight is 422 g/mol. The standard InChI is InChI=1S/C20H21F3N4O3/c1-20(2,14-10-29-18(25-14)12-6-8-13(21)9-7-12)11-24-16(28)5-3-4-15-26-19(17(22)23)30-27-15/h6-10,17H,3-5,11H2,1-2H3,(H,24,28). The van der Waals surface area contributed by atoms with Gasteiger partial charge in [0.15, 0.2) is 5.82 Å². The van der Waals surface area contributed by atoms with Crippen LogP contribution in [-0.2, 0) is 16.6 Å². The highest BCUT2D eigenvalue weighted by Crippen LogP contribution is 2.26. The molecule has 0 bridgehead atoms. The van der Waals surface area contributed by atoms with E-state index in [2.05, 4.69) is 25.0 Å². The molecule has 0 radical (unpaired) electrons. The Bertz CT molecular complexity index is 983. The molecule has 7 nitrogen and oxygen atoms in total. The Kier molecular flexibility index (Phi) is 6.53. The molecule has 0 saturated carbocycles. The lowest BCUT2D eigenvalue weighted by atomic mass is 9.90. The van der Waals surface area contributed by atoms with Crippen LogP contribution in [0.25, 0.3) is 11.5 Å². The lowest BCUT2D eigenvalue weighted by Crippen LogP contribution is -2.36. The number of halogens is 3. The van der Waals surface area contributed by atoms with Gasteiger partial charge >= 0.3 is 6.43 Å². The molecule has 160 valence electrons. The predicted octanol–water partition coefficient (Wildman–Crippen LogP) is 4.22. The number of aryl methyl sites for hydroxylation is 1. The molecule has 30 heavy (non-hydrogen) atoms. The monoisotopic (exact) mass is 422 g/mol. The maximum atomic E-state index is 13.1. The van der Waals surface area contributed by atoms with Gasteiger partial charge < -0.3 is 14.3 Å². The van der Waals surface area contributed by atoms with Crippen LogP contribution in [0.15, 0.2) is 39.5 Å². The van der Waals surface area contributed by atoms with Crippen LogP contribution in [0.3, 0.4) is 0 Å². The maximum absolute atomic E-state index is 13.1. The number of rotatable bonds is 9. The van der Waals surface area contributed by atoms with Crippen molar-refractivity contribution in [3.8, 4) is 11.5 Å². The molecule has 0 fully saturated rings. The fourth-order valence-electron chi connectivity index (χ4n) is 2.67. The Morgan fingerprint density at radius 1 is 1.20 bits per heavy atom. The third-order valence-corrected chi connectivity index (χ3v) is 4.49. The van der Waals surface area contributed by atoms with Crippen molar-refractivity contribution in [2.45, 2.75) is 45.0 Å². The first-order valence-electron chi connectivity index (χ1n) is 9.34. The SMILES string of the molecule is CC(C)(CNC(=O)CCCc1noc(C(F)F)n1)c1coc(-c2ccc(F)cc2)n1. The van der Waals surface area contributed by atoms with Crippen molar-refractivity contribution < 1.29 is 26.9 Å². The number of nitrogens with zero attached hydrogens (tertiary/aromatic N) is 3. The normalized spacial score (nSPS) is 11.8. The highest BCUT2D eigenvalue weighted by Gasteiger charge is 2.26. The van der Waals surface area contributed by atoms with Crippen molar-refractivity contribution in [1.29, 1.82) is 0 Å². The predicted molar refractivity (Wildman–Crippen MR) is 100 cm³/mol. The maximum Gasteiger partial charge on any atom is 0.315 e. The number of carbonyl (C=O) groups excluding carboxylic acids is 1. The summed E-state index contributed by atoms with van der Waals surface area (Å²) in [5.74, 6) is -0.740. The van der Waals surface area contributed by atoms with Gasteiger partial charge in [0.05, 0.1) is 5.69 Å². The van der Waals surface area contributed by atoms with Crippen molar-refractivity contribution >= 4 is 5.91 Å². The first-order valence-corrected chi connectivity index (χ1v) is 9.34. The van der Waals surface area contributed by atoms with Crippen LogP contribution in [0.5, 0.6) is 0 Å². The fourth-order valence-corrected chi connectivity index (χ4v) is 2.67. The van der Waals surface area contributed by atoms with Gasteiger partial charge in [-0.15, -0.1) is 0 Å². The van der Waals surface area contributed by atoms with Crippen molar-refractivity contribution in [3.63, 3.8) is 0 Å². The number of carbonyl (C=O) groups is 1. The summed E-state index contributed by atoms with van der Waals surface area (Å²) in [6, 6.07) is 5.81. The average Bonchev–Trinajstić information content (AvgIpc) is 3.37. The summed E-state index contributed by atoms with van der Waals surface area (Å²) in [5.41, 5.74) is 0.796. The second kappa shape index (κ2) is 9.10. The number of hydrogen-bond acceptors (Lipinski definition) is 6. The molecule has 0 atom stereocenters. The van der Waals surface area contributed by atoms with Crippen LogP contribution >= 0.6 is 0 Å². The number of oxazole rings is 1. The van der Waals surface area contributed by atoms with Gasteiger partial charge in [-0.1, -0.05) is 19.0 Å². The van der Waals surface area contributed by atoms with E-state index >= 15 is 0 Å². The summed E-state index contributed by atoms with van der Waals surface area (Å²) in [7, 11) is 0. The van der Waals surface area contributed by atoms with Gasteiger partial charge in [0, 0.05) is 30.4 Å². The van der Waals surface area contributed by atoms with E-state index in [1.165, 1.54) is 18.4 Å². The molecular weight excluding hydrogens is 401 g/mol. The van der Waals surface area contributed by atoms with Crippen LogP contribution in [0.2, 0.25) is 0 Å². The number of amides is 1. The summed E-state index contributed by atoms with van der Waals surface area (Å²) in [5, 5.41) is 6.29. The first-order chi connectivity index (χ1) is 14.2. The van der Waals surface area contributed by atoms with E-state index < -0.39 is 17.7 Å². The zero-order valence-electron chi connectivity index (χ0n) is 16.5. The summed E-state index contributed by atoms with van der Waals surface area (Å²) in [6.45, 7) is 4.13. The first kappa shape index (κ1) is 21.5. The van der Waals surface area contributed by atoms with Gasteiger partial charge in [-0.05, 0) is 30.7 Å². The Morgan fingerprint density at radius 2 is 1.93 bits per heavy atom. The molecule has 0 unspecified atom stereocenters. The van der Waals surface area contributed by atoms with Crippen LogP contribution in [-0.4, -0.2) is 27.6 Å². The van der Waals surface area contributed by atoms with Crippen LogP contribution in [0.1, 0.15) is 50.5 Å². The minimum Gasteiger partial charge on any atom is -0.444 e. The molecule has 0 saturated heterocycles. The summed E-state index contributed by atoms with van der Waals surface area (Å²) in [4.78, 5) is 20.1. The minimum atomic E-state index is -2.81. The van der Waals surface area contributed by atoms with Crippen molar-refractivity contribution in [1.82, 2.24) is 20.4 Å². The van der Waals surface area contributed by atoms with E-state index in [9.17, 15) is 18.0 Å². The van der Waals surface area contributed by atoms with Gasteiger partial charge in [-0.25, -0.2) is 9.37 Å². The molecule has 1 aromatic carbocycles. The minimum absolute atomic E-state index is 0.148. The number of benzene rings is 1. The Hall–Kier alpha value is -3.17. The van der Waals surface area contributed by atoms with Crippen molar-refractivity contribution in [3.05, 3.63) is 53.8 Å². The van der Waals surface area contributed by atoms with Crippen LogP contribution in [0, 0.1) is 5.82 Å². The van der Waals surface area contributed by atoms with Crippen molar-refractivity contribution in [2.24, 2.45) is 0 Å². The Labute approximate surface area is 170 Å². The third kappa shape index (κ3) is 5.46. The molecule has 0 spiro atoms. The molecule has 1 N–H and O–H groups in total. The molecule has 1 amide bonds. The van der Waals surface area contributed by atoms with Gasteiger partial charge in [0.1, 0.15) is 12.1 Å². The lowest BCUT2D eigenvalue weighted by molar-refractivity contribution is -0.121. The van der Waals surface area contributed by atoms with E-state index in [1.54, 1.807) is 12.1 Å². The Balaban J connectivity index is 1.48. The summed E-state index contributed by atoms with van der Waals surface area (Å²) < 4.78 is 47.8. The topological polar surface area (TPSA) is 94.1 Å². The fraction of sp³-hybridized carbons (Fsp3) is 0.400. The summed E-state index contributed by atoms with van der Waals surface area (Å²) >= 11 is 0. The van der Waals surface area contributed by atoms with Gasteiger partial charge in [-0.3, -0.25) is 4.79 Å². The van der Waals surface area contributed by atoms with E-state index in [0.717, 1.165) is 0 Å². The number of aromatic nitrogens is 3. The third-order valence-electron chi connectivity index (χ3n) is 4.49. The molecule has 0 aliphatic carbocycles. The second-order valence-corrected chi connectivity index (χ2v) is 7.41. The van der Waals surface area contributed by atoms with Gasteiger partial charge in [-0.2, -0.15) is 13.8 Å². The lowest BCUT2D eigenvalue weighted by Gasteiger charge is -2.22. The van der Waals surface area contributed by atoms with E-state index in [-0.39, 0.29) is 30.4 Å². The van der Waals surface area contributed by atoms with E-state index in [4.69, 9.17) is 4.42 Å². The molecule has 2 aromatic heterocycles. The van der Waals surface area contributed by atoms with Gasteiger partial charge in [0.25, 0.3) is 5.89 Å². The Morgan fingerprint density at radius 3 is 2.60 bits per heavy atom. The molecule has 0 aliphatic rings. The quantitative estimate of drug-likeness (QED) is 0.555. The number of hydrogen-bond donors (Lipinski definition) is 1. The highest BCUT2D eigenvalue weighted by molar-refractivity contribution is 5.76. The molecule has 2 heterocycles. The second-order valence-electron chi connectivity index (χ2n) is 7.41. The molecule has 3 aromatic rings. The van der Waals surface area contributed by atoms with E-state index in [1.807, 2.05) is 13.8 Å². The van der Waals surface area contributed by atoms with Gasteiger partial charge in [0.2, 0.25) is 11.8 Å². The largest absolute Gasteiger partial charge is 0.444 e. The van der Waals surface area contributed by atoms with Crippen LogP contribution in [0.4, 0.5) is 13.2 Å². The zero-order valence-corrected chi connectivity index (χ0v) is 16.5.